The van der Waals surface area contributed by atoms with E-state index in [1.165, 1.54) is 0 Å². The number of rotatable bonds is 7. The predicted octanol–water partition coefficient (Wildman–Crippen LogP) is 3.20. The molecule has 1 aromatic rings. The number of carbonyl (C=O) groups is 2. The fourth-order valence-electron chi connectivity index (χ4n) is 3.06. The van der Waals surface area contributed by atoms with E-state index in [-0.39, 0.29) is 24.3 Å². The number of hydrogen-bond acceptors (Lipinski definition) is 4. The summed E-state index contributed by atoms with van der Waals surface area (Å²) in [6, 6.07) is 1.40. The van der Waals surface area contributed by atoms with Gasteiger partial charge in [0.1, 0.15) is 5.60 Å². The number of halogens is 2. The number of carbonyl (C=O) groups excluding carboxylic acids is 1. The highest BCUT2D eigenvalue weighted by molar-refractivity contribution is 5.89. The van der Waals surface area contributed by atoms with Gasteiger partial charge in [-0.05, 0) is 40.2 Å². The van der Waals surface area contributed by atoms with Crippen molar-refractivity contribution in [2.24, 2.45) is 0 Å². The second-order valence-corrected chi connectivity index (χ2v) is 7.86. The van der Waals surface area contributed by atoms with Crippen molar-refractivity contribution in [1.29, 1.82) is 0 Å². The number of likely N-dealkylation sites (N-methyl/N-ethyl adjacent to an activating group) is 1. The number of nitrogens with zero attached hydrogens (tertiary/aromatic N) is 1. The van der Waals surface area contributed by atoms with Crippen LogP contribution in [-0.2, 0) is 4.79 Å². The Balaban J connectivity index is 1.88. The lowest BCUT2D eigenvalue weighted by Gasteiger charge is -2.42. The molecule has 0 aromatic heterocycles. The Hall–Kier alpha value is -2.42. The summed E-state index contributed by atoms with van der Waals surface area (Å²) in [5.41, 5.74) is -0.785. The molecule has 156 valence electrons. The van der Waals surface area contributed by atoms with Gasteiger partial charge >= 0.3 is 12.0 Å². The molecule has 28 heavy (non-hydrogen) atoms. The molecule has 0 spiro atoms. The van der Waals surface area contributed by atoms with Crippen LogP contribution in [-0.4, -0.2) is 52.8 Å². The van der Waals surface area contributed by atoms with E-state index in [9.17, 15) is 18.4 Å². The lowest BCUT2D eigenvalue weighted by molar-refractivity contribution is -0.139. The SMILES string of the molecule is CCN(CC(=O)O)C1CC(NC(=O)Nc2cc(F)c(OC(C)(C)C)c(F)c2)C1. The molecule has 1 aliphatic carbocycles. The molecular formula is C19H27F2N3O4. The molecule has 0 radical (unpaired) electrons. The van der Waals surface area contributed by atoms with Gasteiger partial charge in [0.2, 0.25) is 0 Å². The Morgan fingerprint density at radius 3 is 2.29 bits per heavy atom. The van der Waals surface area contributed by atoms with Gasteiger partial charge in [0.05, 0.1) is 6.54 Å². The molecular weight excluding hydrogens is 372 g/mol. The summed E-state index contributed by atoms with van der Waals surface area (Å²) >= 11 is 0. The molecule has 1 saturated carbocycles. The number of aliphatic carboxylic acids is 1. The summed E-state index contributed by atoms with van der Waals surface area (Å²) in [6.45, 7) is 7.47. The Bertz CT molecular complexity index is 707. The largest absolute Gasteiger partial charge is 0.482 e. The Morgan fingerprint density at radius 2 is 1.82 bits per heavy atom. The van der Waals surface area contributed by atoms with E-state index in [2.05, 4.69) is 10.6 Å². The fourth-order valence-corrected chi connectivity index (χ4v) is 3.06. The van der Waals surface area contributed by atoms with Gasteiger partial charge in [0, 0.05) is 29.9 Å². The number of amides is 2. The minimum absolute atomic E-state index is 0.0225. The minimum Gasteiger partial charge on any atom is -0.482 e. The van der Waals surface area contributed by atoms with Crippen molar-refractivity contribution in [3.63, 3.8) is 0 Å². The first-order valence-corrected chi connectivity index (χ1v) is 9.20. The maximum absolute atomic E-state index is 14.1. The number of nitrogens with one attached hydrogen (secondary N) is 2. The van der Waals surface area contributed by atoms with E-state index in [1.54, 1.807) is 20.8 Å². The van der Waals surface area contributed by atoms with Crippen molar-refractivity contribution >= 4 is 17.7 Å². The highest BCUT2D eigenvalue weighted by Gasteiger charge is 2.34. The minimum atomic E-state index is -0.902. The van der Waals surface area contributed by atoms with Crippen molar-refractivity contribution in [1.82, 2.24) is 10.2 Å². The zero-order valence-corrected chi connectivity index (χ0v) is 16.5. The van der Waals surface area contributed by atoms with Crippen molar-refractivity contribution in [2.75, 3.05) is 18.4 Å². The maximum Gasteiger partial charge on any atom is 0.319 e. The average Bonchev–Trinajstić information content (AvgIpc) is 2.51. The second kappa shape index (κ2) is 8.72. The summed E-state index contributed by atoms with van der Waals surface area (Å²) in [4.78, 5) is 24.7. The smallest absolute Gasteiger partial charge is 0.319 e. The third-order valence-electron chi connectivity index (χ3n) is 4.37. The molecule has 2 amide bonds. The zero-order chi connectivity index (χ0) is 21.1. The molecule has 0 saturated heterocycles. The van der Waals surface area contributed by atoms with Crippen LogP contribution in [0.25, 0.3) is 0 Å². The number of anilines is 1. The molecule has 1 fully saturated rings. The first kappa shape index (κ1) is 21.9. The van der Waals surface area contributed by atoms with Crippen LogP contribution in [0.15, 0.2) is 12.1 Å². The number of carboxylic acid groups (broad SMARTS) is 1. The van der Waals surface area contributed by atoms with Crippen molar-refractivity contribution in [3.8, 4) is 5.75 Å². The number of ether oxygens (including phenoxy) is 1. The van der Waals surface area contributed by atoms with Gasteiger partial charge < -0.3 is 20.5 Å². The third-order valence-corrected chi connectivity index (χ3v) is 4.37. The van der Waals surface area contributed by atoms with Crippen LogP contribution in [0.3, 0.4) is 0 Å². The van der Waals surface area contributed by atoms with Gasteiger partial charge in [-0.15, -0.1) is 0 Å². The van der Waals surface area contributed by atoms with Gasteiger partial charge in [-0.3, -0.25) is 9.69 Å². The number of benzene rings is 1. The van der Waals surface area contributed by atoms with E-state index in [1.807, 2.05) is 11.8 Å². The van der Waals surface area contributed by atoms with Crippen LogP contribution in [0.2, 0.25) is 0 Å². The number of hydrogen-bond donors (Lipinski definition) is 3. The number of urea groups is 1. The second-order valence-electron chi connectivity index (χ2n) is 7.86. The molecule has 0 aliphatic heterocycles. The van der Waals surface area contributed by atoms with Gasteiger partial charge in [-0.1, -0.05) is 6.92 Å². The monoisotopic (exact) mass is 399 g/mol. The first-order valence-electron chi connectivity index (χ1n) is 9.20. The molecule has 0 bridgehead atoms. The molecule has 0 heterocycles. The van der Waals surface area contributed by atoms with Gasteiger partial charge in [-0.25, -0.2) is 13.6 Å². The Morgan fingerprint density at radius 1 is 1.25 bits per heavy atom. The summed E-state index contributed by atoms with van der Waals surface area (Å²) in [7, 11) is 0. The van der Waals surface area contributed by atoms with Crippen LogP contribution < -0.4 is 15.4 Å². The van der Waals surface area contributed by atoms with E-state index in [0.717, 1.165) is 12.1 Å². The lowest BCUT2D eigenvalue weighted by Crippen LogP contribution is -2.55. The molecule has 0 atom stereocenters. The van der Waals surface area contributed by atoms with Crippen LogP contribution >= 0.6 is 0 Å². The Labute approximate surface area is 163 Å². The third kappa shape index (κ3) is 6.05. The van der Waals surface area contributed by atoms with E-state index < -0.39 is 35.0 Å². The summed E-state index contributed by atoms with van der Waals surface area (Å²) in [5.74, 6) is -3.18. The lowest BCUT2D eigenvalue weighted by atomic mass is 9.85. The summed E-state index contributed by atoms with van der Waals surface area (Å²) < 4.78 is 33.5. The topological polar surface area (TPSA) is 90.9 Å². The van der Waals surface area contributed by atoms with Gasteiger partial charge in [0.15, 0.2) is 17.4 Å². The number of carboxylic acids is 1. The van der Waals surface area contributed by atoms with Gasteiger partial charge in [-0.2, -0.15) is 0 Å². The average molecular weight is 399 g/mol. The van der Waals surface area contributed by atoms with Crippen LogP contribution in [0.1, 0.15) is 40.5 Å². The van der Waals surface area contributed by atoms with E-state index in [0.29, 0.717) is 19.4 Å². The molecule has 3 N–H and O–H groups in total. The molecule has 0 unspecified atom stereocenters. The van der Waals surface area contributed by atoms with Crippen LogP contribution in [0.4, 0.5) is 19.3 Å². The first-order chi connectivity index (χ1) is 13.0. The summed E-state index contributed by atoms with van der Waals surface area (Å²) in [5, 5.41) is 14.0. The van der Waals surface area contributed by atoms with Crippen molar-refractivity contribution in [3.05, 3.63) is 23.8 Å². The quantitative estimate of drug-likeness (QED) is 0.655. The standard InChI is InChI=1S/C19H27F2N3O4/c1-5-24(10-16(25)26)13-6-11(7-13)22-18(27)23-12-8-14(20)17(15(21)9-12)28-19(2,3)4/h8-9,11,13H,5-7,10H2,1-4H3,(H,25,26)(H2,22,23,27). The van der Waals surface area contributed by atoms with Gasteiger partial charge in [0.25, 0.3) is 0 Å². The van der Waals surface area contributed by atoms with E-state index >= 15 is 0 Å². The molecule has 1 aliphatic rings. The van der Waals surface area contributed by atoms with Crippen molar-refractivity contribution < 1.29 is 28.2 Å². The van der Waals surface area contributed by atoms with Crippen molar-refractivity contribution in [2.45, 2.75) is 58.2 Å². The molecule has 1 aromatic carbocycles. The predicted molar refractivity (Wildman–Crippen MR) is 101 cm³/mol. The van der Waals surface area contributed by atoms with E-state index in [4.69, 9.17) is 9.84 Å². The normalized spacial score (nSPS) is 19.1. The molecule has 9 heteroatoms. The highest BCUT2D eigenvalue weighted by Crippen LogP contribution is 2.29. The zero-order valence-electron chi connectivity index (χ0n) is 16.5. The Kier molecular flexibility index (Phi) is 6.82. The fraction of sp³-hybridized carbons (Fsp3) is 0.579. The summed E-state index contributed by atoms with van der Waals surface area (Å²) in [6.07, 6.45) is 1.24. The van der Waals surface area contributed by atoms with Crippen LogP contribution in [0, 0.1) is 11.6 Å². The molecule has 2 rings (SSSR count). The van der Waals surface area contributed by atoms with Crippen LogP contribution in [0.5, 0.6) is 5.75 Å². The maximum atomic E-state index is 14.1. The molecule has 7 nitrogen and oxygen atoms in total. The highest BCUT2D eigenvalue weighted by atomic mass is 19.1.